The van der Waals surface area contributed by atoms with Crippen LogP contribution in [0, 0.1) is 0 Å². The maximum atomic E-state index is 11.0. The molecule has 0 heterocycles. The van der Waals surface area contributed by atoms with Crippen molar-refractivity contribution in [1.29, 1.82) is 0 Å². The molecule has 4 heteroatoms. The third kappa shape index (κ3) is 1.82. The second-order valence-electron chi connectivity index (χ2n) is 2.40. The van der Waals surface area contributed by atoms with Crippen molar-refractivity contribution in [1.82, 2.24) is 0 Å². The average molecular weight is 161 g/mol. The summed E-state index contributed by atoms with van der Waals surface area (Å²) in [6.07, 6.45) is 3.11. The van der Waals surface area contributed by atoms with E-state index < -0.39 is 9.84 Å². The molecule has 3 nitrogen and oxygen atoms in total. The predicted octanol–water partition coefficient (Wildman–Crippen LogP) is 0.0360. The molecule has 10 heavy (non-hydrogen) atoms. The second-order valence-corrected chi connectivity index (χ2v) is 4.51. The van der Waals surface area contributed by atoms with Crippen LogP contribution in [-0.2, 0) is 9.84 Å². The Bertz CT molecular complexity index is 226. The van der Waals surface area contributed by atoms with E-state index in [0.717, 1.165) is 12.8 Å². The fraction of sp³-hybridized carbons (Fsp3) is 0.667. The topological polar surface area (TPSA) is 60.2 Å². The summed E-state index contributed by atoms with van der Waals surface area (Å²) in [4.78, 5) is 0. The molecular formula is C6H11NO2S. The zero-order valence-corrected chi connectivity index (χ0v) is 6.47. The highest BCUT2D eigenvalue weighted by molar-refractivity contribution is 7.95. The second kappa shape index (κ2) is 2.72. The van der Waals surface area contributed by atoms with E-state index in [0.29, 0.717) is 6.54 Å². The summed E-state index contributed by atoms with van der Waals surface area (Å²) in [7, 11) is -2.91. The van der Waals surface area contributed by atoms with Gasteiger partial charge in [0.1, 0.15) is 0 Å². The van der Waals surface area contributed by atoms with Crippen LogP contribution in [0.25, 0.3) is 0 Å². The minimum Gasteiger partial charge on any atom is -0.327 e. The van der Waals surface area contributed by atoms with Crippen LogP contribution in [0.1, 0.15) is 12.8 Å². The van der Waals surface area contributed by atoms with Crippen LogP contribution >= 0.6 is 0 Å². The molecule has 1 aliphatic rings. The van der Waals surface area contributed by atoms with E-state index in [4.69, 9.17) is 5.73 Å². The van der Waals surface area contributed by atoms with Gasteiger partial charge in [0.05, 0.1) is 5.25 Å². The molecule has 2 N–H and O–H groups in total. The Hall–Kier alpha value is -0.350. The molecule has 0 aromatic heterocycles. The Morgan fingerprint density at radius 2 is 2.10 bits per heavy atom. The van der Waals surface area contributed by atoms with E-state index in [1.54, 1.807) is 0 Å². The Morgan fingerprint density at radius 1 is 1.50 bits per heavy atom. The van der Waals surface area contributed by atoms with Gasteiger partial charge in [0.2, 0.25) is 0 Å². The van der Waals surface area contributed by atoms with Crippen molar-refractivity contribution in [2.75, 3.05) is 6.54 Å². The average Bonchev–Trinajstić information content (AvgIpc) is 2.64. The molecule has 0 bridgehead atoms. The van der Waals surface area contributed by atoms with Crippen molar-refractivity contribution in [3.8, 4) is 0 Å². The Kier molecular flexibility index (Phi) is 2.11. The normalized spacial score (nSPS) is 20.1. The molecule has 1 fully saturated rings. The molecule has 0 radical (unpaired) electrons. The summed E-state index contributed by atoms with van der Waals surface area (Å²) < 4.78 is 22.0. The van der Waals surface area contributed by atoms with Crippen molar-refractivity contribution in [3.63, 3.8) is 0 Å². The van der Waals surface area contributed by atoms with Gasteiger partial charge in [-0.25, -0.2) is 8.42 Å². The molecule has 0 aromatic rings. The molecule has 0 aliphatic heterocycles. The van der Waals surface area contributed by atoms with Crippen molar-refractivity contribution in [2.24, 2.45) is 5.73 Å². The maximum Gasteiger partial charge on any atom is 0.174 e. The first kappa shape index (κ1) is 7.75. The van der Waals surface area contributed by atoms with E-state index in [-0.39, 0.29) is 5.25 Å². The number of rotatable bonds is 3. The lowest BCUT2D eigenvalue weighted by Crippen LogP contribution is -2.03. The fourth-order valence-corrected chi connectivity index (χ4v) is 2.09. The Morgan fingerprint density at radius 3 is 2.50 bits per heavy atom. The standard InChI is InChI=1S/C6H11NO2S/c7-4-1-5-10(8,9)6-2-3-6/h1,5-6H,2-4,7H2/b5-1+. The molecule has 0 unspecified atom stereocenters. The summed E-state index contributed by atoms with van der Waals surface area (Å²) in [5, 5.41) is 1.13. The van der Waals surface area contributed by atoms with E-state index in [1.165, 1.54) is 11.5 Å². The Labute approximate surface area is 60.8 Å². The molecule has 58 valence electrons. The van der Waals surface area contributed by atoms with Crippen molar-refractivity contribution in [3.05, 3.63) is 11.5 Å². The van der Waals surface area contributed by atoms with Gasteiger partial charge in [-0.3, -0.25) is 0 Å². The molecule has 0 atom stereocenters. The lowest BCUT2D eigenvalue weighted by atomic mass is 10.7. The minimum absolute atomic E-state index is 0.102. The van der Waals surface area contributed by atoms with Crippen LogP contribution in [0.3, 0.4) is 0 Å². The van der Waals surface area contributed by atoms with Crippen LogP contribution in [0.2, 0.25) is 0 Å². The van der Waals surface area contributed by atoms with E-state index in [1.807, 2.05) is 0 Å². The number of nitrogens with two attached hydrogens (primary N) is 1. The van der Waals surface area contributed by atoms with Gasteiger partial charge in [0, 0.05) is 12.0 Å². The molecule has 1 saturated carbocycles. The third-order valence-electron chi connectivity index (χ3n) is 1.41. The van der Waals surface area contributed by atoms with E-state index in [9.17, 15) is 8.42 Å². The van der Waals surface area contributed by atoms with Crippen molar-refractivity contribution < 1.29 is 8.42 Å². The molecule has 0 saturated heterocycles. The van der Waals surface area contributed by atoms with Gasteiger partial charge in [-0.2, -0.15) is 0 Å². The first-order chi connectivity index (χ1) is 4.67. The molecule has 1 aliphatic carbocycles. The highest BCUT2D eigenvalue weighted by Crippen LogP contribution is 2.29. The quantitative estimate of drug-likeness (QED) is 0.635. The molecular weight excluding hydrogens is 150 g/mol. The summed E-state index contributed by atoms with van der Waals surface area (Å²) in [6.45, 7) is 0.298. The van der Waals surface area contributed by atoms with Gasteiger partial charge < -0.3 is 5.73 Å². The van der Waals surface area contributed by atoms with Crippen molar-refractivity contribution >= 4 is 9.84 Å². The van der Waals surface area contributed by atoms with Gasteiger partial charge in [-0.15, -0.1) is 0 Å². The summed E-state index contributed by atoms with van der Waals surface area (Å²) in [5.74, 6) is 0. The first-order valence-electron chi connectivity index (χ1n) is 3.27. The monoisotopic (exact) mass is 161 g/mol. The first-order valence-corrected chi connectivity index (χ1v) is 4.88. The van der Waals surface area contributed by atoms with E-state index in [2.05, 4.69) is 0 Å². The van der Waals surface area contributed by atoms with Gasteiger partial charge in [-0.1, -0.05) is 6.08 Å². The van der Waals surface area contributed by atoms with Crippen LogP contribution in [-0.4, -0.2) is 20.2 Å². The number of hydrogen-bond donors (Lipinski definition) is 1. The molecule has 0 spiro atoms. The van der Waals surface area contributed by atoms with Gasteiger partial charge in [-0.05, 0) is 12.8 Å². The highest BCUT2D eigenvalue weighted by atomic mass is 32.2. The van der Waals surface area contributed by atoms with Gasteiger partial charge in [0.15, 0.2) is 9.84 Å². The summed E-state index contributed by atoms with van der Waals surface area (Å²) in [5.41, 5.74) is 5.11. The SMILES string of the molecule is NC/C=C/S(=O)(=O)C1CC1. The lowest BCUT2D eigenvalue weighted by Gasteiger charge is -1.90. The van der Waals surface area contributed by atoms with Crippen LogP contribution in [0.4, 0.5) is 0 Å². The van der Waals surface area contributed by atoms with Gasteiger partial charge >= 0.3 is 0 Å². The van der Waals surface area contributed by atoms with E-state index >= 15 is 0 Å². The molecule has 0 amide bonds. The zero-order valence-electron chi connectivity index (χ0n) is 5.66. The van der Waals surface area contributed by atoms with Crippen LogP contribution in [0.15, 0.2) is 11.5 Å². The molecule has 1 rings (SSSR count). The van der Waals surface area contributed by atoms with Crippen LogP contribution < -0.4 is 5.73 Å². The minimum atomic E-state index is -2.91. The fourth-order valence-electron chi connectivity index (χ4n) is 0.697. The summed E-state index contributed by atoms with van der Waals surface area (Å²) >= 11 is 0. The van der Waals surface area contributed by atoms with Crippen LogP contribution in [0.5, 0.6) is 0 Å². The Balaban J connectivity index is 2.59. The zero-order chi connectivity index (χ0) is 7.61. The highest BCUT2D eigenvalue weighted by Gasteiger charge is 2.33. The number of hydrogen-bond acceptors (Lipinski definition) is 3. The molecule has 0 aromatic carbocycles. The largest absolute Gasteiger partial charge is 0.327 e. The lowest BCUT2D eigenvalue weighted by molar-refractivity contribution is 0.603. The van der Waals surface area contributed by atoms with Crippen molar-refractivity contribution in [2.45, 2.75) is 18.1 Å². The van der Waals surface area contributed by atoms with Gasteiger partial charge in [0.25, 0.3) is 0 Å². The smallest absolute Gasteiger partial charge is 0.174 e. The number of sulfone groups is 1. The predicted molar refractivity (Wildman–Crippen MR) is 40.1 cm³/mol. The maximum absolute atomic E-state index is 11.0. The third-order valence-corrected chi connectivity index (χ3v) is 3.38. The summed E-state index contributed by atoms with van der Waals surface area (Å²) in [6, 6.07) is 0.